The van der Waals surface area contributed by atoms with Crippen LogP contribution in [0.1, 0.15) is 27.9 Å². The van der Waals surface area contributed by atoms with Crippen molar-refractivity contribution in [3.8, 4) is 5.69 Å². The normalized spacial score (nSPS) is 14.8. The molecule has 3 heterocycles. The van der Waals surface area contributed by atoms with Gasteiger partial charge < -0.3 is 30.5 Å². The number of nitrogens with zero attached hydrogens (tertiary/aromatic N) is 4. The summed E-state index contributed by atoms with van der Waals surface area (Å²) in [5, 5.41) is 18.6. The average molecular weight is 526 g/mol. The lowest BCUT2D eigenvalue weighted by atomic mass is 10.1. The summed E-state index contributed by atoms with van der Waals surface area (Å²) in [5.41, 5.74) is 5.31. The van der Waals surface area contributed by atoms with E-state index in [-0.39, 0.29) is 24.1 Å². The standard InChI is InChI=1S/C29H31N7O3/c37-14-11-31-28(39)25-18-36(23-8-7-19-3-1-4-20(19)15-23)27-24(26(25)38)17-32-29(34-27)33-21-5-2-6-22(16-21)35-12-9-30-10-13-35/h2,5-8,15-18,30,37H,1,3-4,9-14H2,(H,31,39)(H,32,33,34). The zero-order chi connectivity index (χ0) is 26.8. The van der Waals surface area contributed by atoms with Crippen LogP contribution in [-0.2, 0) is 12.8 Å². The van der Waals surface area contributed by atoms with E-state index >= 15 is 0 Å². The van der Waals surface area contributed by atoms with E-state index in [1.54, 1.807) is 4.57 Å². The van der Waals surface area contributed by atoms with Crippen molar-refractivity contribution in [2.45, 2.75) is 19.3 Å². The molecule has 1 fully saturated rings. The molecular formula is C29H31N7O3. The summed E-state index contributed by atoms with van der Waals surface area (Å²) in [5.74, 6) is -0.190. The number of aryl methyl sites for hydroxylation is 2. The third kappa shape index (κ3) is 5.08. The van der Waals surface area contributed by atoms with Crippen molar-refractivity contribution in [2.75, 3.05) is 49.5 Å². The van der Waals surface area contributed by atoms with Gasteiger partial charge in [-0.15, -0.1) is 0 Å². The van der Waals surface area contributed by atoms with Gasteiger partial charge in [0.15, 0.2) is 5.65 Å². The second-order valence-corrected chi connectivity index (χ2v) is 9.87. The Bertz CT molecular complexity index is 1590. The smallest absolute Gasteiger partial charge is 0.256 e. The highest BCUT2D eigenvalue weighted by Crippen LogP contribution is 2.27. The molecule has 0 spiro atoms. The lowest BCUT2D eigenvalue weighted by Gasteiger charge is -2.29. The van der Waals surface area contributed by atoms with Gasteiger partial charge in [-0.2, -0.15) is 4.98 Å². The fourth-order valence-corrected chi connectivity index (χ4v) is 5.33. The molecule has 10 nitrogen and oxygen atoms in total. The van der Waals surface area contributed by atoms with Crippen LogP contribution in [0.15, 0.2) is 59.7 Å². The highest BCUT2D eigenvalue weighted by atomic mass is 16.3. The van der Waals surface area contributed by atoms with Crippen molar-refractivity contribution < 1.29 is 9.90 Å². The number of nitrogens with one attached hydrogen (secondary N) is 3. The Morgan fingerprint density at radius 3 is 2.74 bits per heavy atom. The van der Waals surface area contributed by atoms with Crippen molar-refractivity contribution in [3.63, 3.8) is 0 Å². The summed E-state index contributed by atoms with van der Waals surface area (Å²) in [6.45, 7) is 3.62. The molecule has 6 rings (SSSR count). The van der Waals surface area contributed by atoms with Crippen LogP contribution in [0.4, 0.5) is 17.3 Å². The lowest BCUT2D eigenvalue weighted by Crippen LogP contribution is -2.43. The number of aromatic nitrogens is 3. The Labute approximate surface area is 225 Å². The summed E-state index contributed by atoms with van der Waals surface area (Å²) in [6, 6.07) is 14.3. The molecule has 0 radical (unpaired) electrons. The molecule has 0 atom stereocenters. The average Bonchev–Trinajstić information content (AvgIpc) is 3.45. The Hall–Kier alpha value is -4.28. The summed E-state index contributed by atoms with van der Waals surface area (Å²) in [4.78, 5) is 37.7. The second kappa shape index (κ2) is 10.8. The largest absolute Gasteiger partial charge is 0.395 e. The number of carbonyl (C=O) groups is 1. The Morgan fingerprint density at radius 2 is 1.90 bits per heavy atom. The van der Waals surface area contributed by atoms with E-state index < -0.39 is 11.3 Å². The van der Waals surface area contributed by atoms with Crippen LogP contribution in [0.25, 0.3) is 16.7 Å². The molecule has 2 aliphatic rings. The Kier molecular flexibility index (Phi) is 6.95. The minimum absolute atomic E-state index is 0.0236. The molecule has 2 aromatic carbocycles. The van der Waals surface area contributed by atoms with Crippen molar-refractivity contribution in [2.24, 2.45) is 0 Å². The van der Waals surface area contributed by atoms with Crippen molar-refractivity contribution in [1.29, 1.82) is 0 Å². The first kappa shape index (κ1) is 25.0. The van der Waals surface area contributed by atoms with E-state index in [1.807, 2.05) is 18.2 Å². The molecular weight excluding hydrogens is 494 g/mol. The van der Waals surface area contributed by atoms with E-state index in [9.17, 15) is 9.59 Å². The molecule has 1 saturated heterocycles. The number of pyridine rings is 1. The molecule has 0 bridgehead atoms. The summed E-state index contributed by atoms with van der Waals surface area (Å²) in [6.07, 6.45) is 6.17. The first-order chi connectivity index (χ1) is 19.1. The molecule has 39 heavy (non-hydrogen) atoms. The molecule has 0 saturated carbocycles. The summed E-state index contributed by atoms with van der Waals surface area (Å²) >= 11 is 0. The number of piperazine rings is 1. The topological polar surface area (TPSA) is 124 Å². The summed E-state index contributed by atoms with van der Waals surface area (Å²) < 4.78 is 1.78. The number of rotatable bonds is 7. The van der Waals surface area contributed by atoms with E-state index in [2.05, 4.69) is 50.1 Å². The third-order valence-corrected chi connectivity index (χ3v) is 7.33. The van der Waals surface area contributed by atoms with Crippen molar-refractivity contribution >= 4 is 34.3 Å². The highest BCUT2D eigenvalue weighted by Gasteiger charge is 2.20. The fraction of sp³-hybridized carbons (Fsp3) is 0.310. The molecule has 1 aliphatic carbocycles. The first-order valence-electron chi connectivity index (χ1n) is 13.4. The fourth-order valence-electron chi connectivity index (χ4n) is 5.33. The number of hydrogen-bond acceptors (Lipinski definition) is 8. The third-order valence-electron chi connectivity index (χ3n) is 7.33. The molecule has 200 valence electrons. The number of aliphatic hydroxyl groups excluding tert-OH is 1. The maximum atomic E-state index is 13.3. The van der Waals surface area contributed by atoms with Crippen LogP contribution in [0.5, 0.6) is 0 Å². The van der Waals surface area contributed by atoms with Crippen LogP contribution < -0.4 is 26.3 Å². The molecule has 4 N–H and O–H groups in total. The minimum Gasteiger partial charge on any atom is -0.395 e. The van der Waals surface area contributed by atoms with Gasteiger partial charge in [-0.1, -0.05) is 12.1 Å². The minimum atomic E-state index is -0.544. The van der Waals surface area contributed by atoms with Crippen LogP contribution in [0.3, 0.4) is 0 Å². The predicted octanol–water partition coefficient (Wildman–Crippen LogP) is 2.14. The number of amides is 1. The van der Waals surface area contributed by atoms with Crippen LogP contribution in [-0.4, -0.2) is 64.9 Å². The number of carbonyl (C=O) groups excluding carboxylic acids is 1. The summed E-state index contributed by atoms with van der Waals surface area (Å²) in [7, 11) is 0. The SMILES string of the molecule is O=C(NCCO)c1cn(-c2ccc3c(c2)CCC3)c2nc(Nc3cccc(N4CCNCC4)c3)ncc2c1=O. The van der Waals surface area contributed by atoms with Gasteiger partial charge in [0.25, 0.3) is 5.91 Å². The number of anilines is 3. The van der Waals surface area contributed by atoms with E-state index in [4.69, 9.17) is 10.1 Å². The zero-order valence-electron chi connectivity index (χ0n) is 21.6. The van der Waals surface area contributed by atoms with Crippen LogP contribution >= 0.6 is 0 Å². The van der Waals surface area contributed by atoms with Gasteiger partial charge in [0.2, 0.25) is 11.4 Å². The Morgan fingerprint density at radius 1 is 1.05 bits per heavy atom. The Balaban J connectivity index is 1.41. The molecule has 4 aromatic rings. The lowest BCUT2D eigenvalue weighted by molar-refractivity contribution is 0.0943. The van der Waals surface area contributed by atoms with Gasteiger partial charge in [0.05, 0.1) is 12.0 Å². The first-order valence-corrected chi connectivity index (χ1v) is 13.4. The monoisotopic (exact) mass is 525 g/mol. The number of hydrogen-bond donors (Lipinski definition) is 4. The maximum Gasteiger partial charge on any atom is 0.256 e. The van der Waals surface area contributed by atoms with E-state index in [0.717, 1.165) is 62.5 Å². The van der Waals surface area contributed by atoms with Gasteiger partial charge in [-0.05, 0) is 60.7 Å². The second-order valence-electron chi connectivity index (χ2n) is 9.87. The number of benzene rings is 2. The highest BCUT2D eigenvalue weighted by molar-refractivity contribution is 5.97. The van der Waals surface area contributed by atoms with Crippen LogP contribution in [0, 0.1) is 0 Å². The number of aliphatic hydroxyl groups is 1. The molecule has 0 unspecified atom stereocenters. The van der Waals surface area contributed by atoms with Gasteiger partial charge in [-0.3, -0.25) is 9.59 Å². The van der Waals surface area contributed by atoms with Crippen molar-refractivity contribution in [1.82, 2.24) is 25.2 Å². The van der Waals surface area contributed by atoms with Crippen LogP contribution in [0.2, 0.25) is 0 Å². The van der Waals surface area contributed by atoms with E-state index in [0.29, 0.717) is 11.6 Å². The van der Waals surface area contributed by atoms with Gasteiger partial charge in [0.1, 0.15) is 5.56 Å². The van der Waals surface area contributed by atoms with Crippen molar-refractivity contribution in [3.05, 3.63) is 81.8 Å². The van der Waals surface area contributed by atoms with Gasteiger partial charge >= 0.3 is 0 Å². The molecule has 10 heteroatoms. The quantitative estimate of drug-likeness (QED) is 0.289. The van der Waals surface area contributed by atoms with Gasteiger partial charge in [0, 0.05) is 62.2 Å². The molecule has 1 amide bonds. The molecule has 1 aliphatic heterocycles. The maximum absolute atomic E-state index is 13.3. The predicted molar refractivity (Wildman–Crippen MR) is 151 cm³/mol. The number of fused-ring (bicyclic) bond motifs is 2. The van der Waals surface area contributed by atoms with E-state index in [1.165, 1.54) is 23.5 Å². The van der Waals surface area contributed by atoms with Gasteiger partial charge in [-0.25, -0.2) is 4.98 Å². The molecule has 2 aromatic heterocycles. The zero-order valence-corrected chi connectivity index (χ0v) is 21.6.